The summed E-state index contributed by atoms with van der Waals surface area (Å²) in [4.78, 5) is 7.83. The highest BCUT2D eigenvalue weighted by molar-refractivity contribution is 9.12. The molecule has 4 rings (SSSR count). The Labute approximate surface area is 176 Å². The number of aromatic hydroxyl groups is 1. The van der Waals surface area contributed by atoms with Crippen molar-refractivity contribution < 1.29 is 14.2 Å². The molecule has 1 N–H and O–H groups in total. The Morgan fingerprint density at radius 1 is 1.32 bits per heavy atom. The fraction of sp³-hybridized carbons (Fsp3) is 0.381. The van der Waals surface area contributed by atoms with Crippen molar-refractivity contribution in [2.75, 3.05) is 32.1 Å². The third kappa shape index (κ3) is 4.36. The maximum absolute atomic E-state index is 12.3. The van der Waals surface area contributed by atoms with Gasteiger partial charge in [-0.25, -0.2) is 4.98 Å². The van der Waals surface area contributed by atoms with E-state index >= 15 is 0 Å². The van der Waals surface area contributed by atoms with E-state index in [4.69, 9.17) is 4.74 Å². The lowest BCUT2D eigenvalue weighted by molar-refractivity contribution is 0.191. The number of thioether (sulfide) groups is 1. The van der Waals surface area contributed by atoms with Crippen LogP contribution in [0.1, 0.15) is 24.0 Å². The Morgan fingerprint density at radius 3 is 3.00 bits per heavy atom. The molecule has 0 bridgehead atoms. The molecule has 2 aliphatic heterocycles. The molecule has 0 saturated carbocycles. The minimum Gasteiger partial charge on any atom is -0.508 e. The van der Waals surface area contributed by atoms with Gasteiger partial charge in [0.25, 0.3) is 0 Å². The first-order chi connectivity index (χ1) is 13.6. The number of ether oxygens (including phenoxy) is 1. The summed E-state index contributed by atoms with van der Waals surface area (Å²) < 4.78 is 19.5. The number of nitrogens with zero attached hydrogens (tertiary/aromatic N) is 2. The Morgan fingerprint density at radius 2 is 2.21 bits per heavy atom. The van der Waals surface area contributed by atoms with E-state index < -0.39 is 0 Å². The van der Waals surface area contributed by atoms with E-state index in [1.165, 1.54) is 0 Å². The Balaban J connectivity index is 1.47. The molecule has 7 heteroatoms. The van der Waals surface area contributed by atoms with Gasteiger partial charge in [-0.05, 0) is 42.7 Å². The Hall–Kier alpha value is -1.57. The first kappa shape index (κ1) is 19.7. The summed E-state index contributed by atoms with van der Waals surface area (Å²) in [6.07, 6.45) is 3.48. The van der Waals surface area contributed by atoms with Crippen molar-refractivity contribution in [2.24, 2.45) is 0 Å². The standard InChI is InChI=1S/C21H22BrFN2O2S/c22-18-13-28-19-10-15(26)3-4-17(19)21(18)14-2-5-20(24-11-14)27-16-6-9-25(12-16)8-1-7-23/h2-5,10-11,16,26H,1,6-9,12-13H2/t16-/m0/s1. The number of pyridine rings is 1. The van der Waals surface area contributed by atoms with Gasteiger partial charge >= 0.3 is 0 Å². The number of fused-ring (bicyclic) bond motifs is 1. The van der Waals surface area contributed by atoms with Crippen molar-refractivity contribution in [3.8, 4) is 11.6 Å². The zero-order valence-electron chi connectivity index (χ0n) is 15.4. The van der Waals surface area contributed by atoms with E-state index in [0.717, 1.165) is 57.9 Å². The van der Waals surface area contributed by atoms with Gasteiger partial charge in [0.2, 0.25) is 5.88 Å². The van der Waals surface area contributed by atoms with Gasteiger partial charge in [-0.3, -0.25) is 9.29 Å². The SMILES string of the molecule is Oc1ccc2c(c1)SCC(Br)=C2c1ccc(O[C@H]2CCN(CCCF)C2)nc1. The quantitative estimate of drug-likeness (QED) is 0.661. The molecule has 1 aromatic carbocycles. The summed E-state index contributed by atoms with van der Waals surface area (Å²) in [5.41, 5.74) is 3.21. The summed E-state index contributed by atoms with van der Waals surface area (Å²) in [5.74, 6) is 1.72. The van der Waals surface area contributed by atoms with E-state index in [9.17, 15) is 9.50 Å². The second kappa shape index (κ2) is 8.84. The van der Waals surface area contributed by atoms with Gasteiger partial charge in [-0.1, -0.05) is 15.9 Å². The second-order valence-corrected chi connectivity index (χ2v) is 8.98. The van der Waals surface area contributed by atoms with Gasteiger partial charge < -0.3 is 9.84 Å². The predicted molar refractivity (Wildman–Crippen MR) is 114 cm³/mol. The summed E-state index contributed by atoms with van der Waals surface area (Å²) in [5, 5.41) is 9.76. The fourth-order valence-electron chi connectivity index (χ4n) is 3.66. The first-order valence-corrected chi connectivity index (χ1v) is 11.2. The molecule has 1 atom stereocenters. The van der Waals surface area contributed by atoms with Crippen LogP contribution in [-0.4, -0.2) is 53.2 Å². The minimum absolute atomic E-state index is 0.110. The summed E-state index contributed by atoms with van der Waals surface area (Å²) in [6, 6.07) is 9.40. The molecule has 0 amide bonds. The third-order valence-electron chi connectivity index (χ3n) is 5.01. The van der Waals surface area contributed by atoms with E-state index in [2.05, 4.69) is 25.8 Å². The van der Waals surface area contributed by atoms with E-state index in [-0.39, 0.29) is 18.5 Å². The van der Waals surface area contributed by atoms with Gasteiger partial charge in [0, 0.05) is 58.2 Å². The van der Waals surface area contributed by atoms with Crippen LogP contribution in [0.2, 0.25) is 0 Å². The van der Waals surface area contributed by atoms with Crippen LogP contribution in [0.4, 0.5) is 4.39 Å². The smallest absolute Gasteiger partial charge is 0.213 e. The third-order valence-corrected chi connectivity index (χ3v) is 7.14. The van der Waals surface area contributed by atoms with Crippen LogP contribution in [0.15, 0.2) is 45.9 Å². The number of likely N-dealkylation sites (tertiary alicyclic amines) is 1. The molecule has 28 heavy (non-hydrogen) atoms. The molecule has 1 fully saturated rings. The Bertz CT molecular complexity index is 875. The Kier molecular flexibility index (Phi) is 6.23. The molecule has 0 unspecified atom stereocenters. The zero-order chi connectivity index (χ0) is 19.5. The number of benzene rings is 1. The van der Waals surface area contributed by atoms with Gasteiger partial charge in [-0.2, -0.15) is 0 Å². The maximum atomic E-state index is 12.3. The lowest BCUT2D eigenvalue weighted by Crippen LogP contribution is -2.26. The summed E-state index contributed by atoms with van der Waals surface area (Å²) >= 11 is 5.40. The number of phenolic OH excluding ortho intramolecular Hbond substituents is 1. The molecule has 148 valence electrons. The van der Waals surface area contributed by atoms with Crippen molar-refractivity contribution in [3.05, 3.63) is 52.1 Å². The van der Waals surface area contributed by atoms with Gasteiger partial charge in [-0.15, -0.1) is 11.8 Å². The van der Waals surface area contributed by atoms with Crippen LogP contribution in [0.3, 0.4) is 0 Å². The number of halogens is 2. The number of rotatable bonds is 6. The largest absolute Gasteiger partial charge is 0.508 e. The zero-order valence-corrected chi connectivity index (χ0v) is 17.8. The number of aromatic nitrogens is 1. The van der Waals surface area contributed by atoms with Crippen LogP contribution in [-0.2, 0) is 0 Å². The van der Waals surface area contributed by atoms with Crippen molar-refractivity contribution in [1.29, 1.82) is 0 Å². The average Bonchev–Trinajstić information content (AvgIpc) is 3.14. The molecule has 0 aliphatic carbocycles. The number of hydrogen-bond acceptors (Lipinski definition) is 5. The van der Waals surface area contributed by atoms with Crippen molar-refractivity contribution in [1.82, 2.24) is 9.88 Å². The highest BCUT2D eigenvalue weighted by atomic mass is 79.9. The van der Waals surface area contributed by atoms with Crippen molar-refractivity contribution in [3.63, 3.8) is 0 Å². The normalized spacial score (nSPS) is 19.7. The molecule has 1 aromatic heterocycles. The van der Waals surface area contributed by atoms with E-state index in [1.807, 2.05) is 24.4 Å². The molecule has 2 aromatic rings. The van der Waals surface area contributed by atoms with Crippen LogP contribution >= 0.6 is 27.7 Å². The first-order valence-electron chi connectivity index (χ1n) is 9.40. The molecule has 0 radical (unpaired) electrons. The number of alkyl halides is 1. The molecule has 4 nitrogen and oxygen atoms in total. The highest BCUT2D eigenvalue weighted by Gasteiger charge is 2.24. The minimum atomic E-state index is -0.266. The molecule has 3 heterocycles. The monoisotopic (exact) mass is 464 g/mol. The average molecular weight is 465 g/mol. The van der Waals surface area contributed by atoms with Gasteiger partial charge in [0.15, 0.2) is 0 Å². The topological polar surface area (TPSA) is 45.6 Å². The highest BCUT2D eigenvalue weighted by Crippen LogP contribution is 2.43. The van der Waals surface area contributed by atoms with Crippen molar-refractivity contribution >= 4 is 33.3 Å². The summed E-state index contributed by atoms with van der Waals surface area (Å²) in [7, 11) is 0. The molecular weight excluding hydrogens is 443 g/mol. The second-order valence-electron chi connectivity index (χ2n) is 7.01. The number of phenols is 1. The van der Waals surface area contributed by atoms with Crippen LogP contribution in [0, 0.1) is 0 Å². The maximum Gasteiger partial charge on any atom is 0.213 e. The predicted octanol–water partition coefficient (Wildman–Crippen LogP) is 4.86. The number of hydrogen-bond donors (Lipinski definition) is 1. The van der Waals surface area contributed by atoms with Crippen LogP contribution in [0.25, 0.3) is 5.57 Å². The molecular formula is C21H22BrFN2O2S. The van der Waals surface area contributed by atoms with Crippen molar-refractivity contribution in [2.45, 2.75) is 23.8 Å². The van der Waals surface area contributed by atoms with E-state index in [1.54, 1.807) is 23.9 Å². The van der Waals surface area contributed by atoms with Gasteiger partial charge in [0.1, 0.15) is 11.9 Å². The molecule has 1 saturated heterocycles. The molecule has 0 spiro atoms. The van der Waals surface area contributed by atoms with E-state index in [0.29, 0.717) is 12.3 Å². The lowest BCUT2D eigenvalue weighted by atomic mass is 9.98. The fourth-order valence-corrected chi connectivity index (χ4v) is 5.40. The van der Waals surface area contributed by atoms with Gasteiger partial charge in [0.05, 0.1) is 6.67 Å². The van der Waals surface area contributed by atoms with Crippen LogP contribution in [0.5, 0.6) is 11.6 Å². The summed E-state index contributed by atoms with van der Waals surface area (Å²) in [6.45, 7) is 2.30. The lowest BCUT2D eigenvalue weighted by Gasteiger charge is -2.21. The molecule has 2 aliphatic rings. The van der Waals surface area contributed by atoms with Crippen LogP contribution < -0.4 is 4.74 Å².